The third-order valence-corrected chi connectivity index (χ3v) is 5.26. The van der Waals surface area contributed by atoms with E-state index < -0.39 is 0 Å². The number of aliphatic hydroxyl groups is 1. The largest absolute Gasteiger partial charge is 0.396 e. The summed E-state index contributed by atoms with van der Waals surface area (Å²) < 4.78 is 4.42. The minimum absolute atomic E-state index is 0.228. The molecular formula is C22H24N2O. The van der Waals surface area contributed by atoms with E-state index in [2.05, 4.69) is 84.2 Å². The fraction of sp³-hybridized carbons (Fsp3) is 0.273. The van der Waals surface area contributed by atoms with Crippen LogP contribution in [0.15, 0.2) is 60.9 Å². The lowest BCUT2D eigenvalue weighted by molar-refractivity contribution is 0.282. The van der Waals surface area contributed by atoms with Crippen molar-refractivity contribution in [2.75, 3.05) is 6.61 Å². The van der Waals surface area contributed by atoms with Crippen LogP contribution in [0, 0.1) is 0 Å². The number of benzene rings is 2. The van der Waals surface area contributed by atoms with Crippen LogP contribution in [-0.4, -0.2) is 20.8 Å². The van der Waals surface area contributed by atoms with E-state index in [0.717, 1.165) is 12.8 Å². The highest BCUT2D eigenvalue weighted by atomic mass is 16.2. The first-order chi connectivity index (χ1) is 12.2. The second-order valence-electron chi connectivity index (χ2n) is 6.84. The molecule has 0 amide bonds. The molecular weight excluding hydrogens is 308 g/mol. The van der Waals surface area contributed by atoms with Gasteiger partial charge in [0, 0.05) is 60.8 Å². The van der Waals surface area contributed by atoms with Gasteiger partial charge >= 0.3 is 0 Å². The molecule has 2 heterocycles. The highest BCUT2D eigenvalue weighted by molar-refractivity contribution is 5.88. The molecule has 4 rings (SSSR count). The third kappa shape index (κ3) is 2.65. The van der Waals surface area contributed by atoms with E-state index in [1.54, 1.807) is 0 Å². The first kappa shape index (κ1) is 16.0. The number of para-hydroxylation sites is 2. The van der Waals surface area contributed by atoms with Crippen LogP contribution in [0.1, 0.15) is 29.9 Å². The molecule has 0 aliphatic rings. The maximum atomic E-state index is 9.44. The van der Waals surface area contributed by atoms with E-state index in [1.165, 1.54) is 32.9 Å². The second-order valence-corrected chi connectivity index (χ2v) is 6.84. The zero-order valence-corrected chi connectivity index (χ0v) is 14.8. The number of aryl methyl sites for hydroxylation is 2. The number of hydrogen-bond acceptors (Lipinski definition) is 1. The molecule has 25 heavy (non-hydrogen) atoms. The molecule has 0 fully saturated rings. The van der Waals surface area contributed by atoms with Gasteiger partial charge in [0.1, 0.15) is 0 Å². The number of hydrogen-bond donors (Lipinski definition) is 1. The topological polar surface area (TPSA) is 30.1 Å². The number of nitrogens with zero attached hydrogens (tertiary/aromatic N) is 2. The van der Waals surface area contributed by atoms with Crippen molar-refractivity contribution >= 4 is 21.8 Å². The average Bonchev–Trinajstić information content (AvgIpc) is 3.15. The summed E-state index contributed by atoms with van der Waals surface area (Å²) in [6.45, 7) is 0.228. The van der Waals surface area contributed by atoms with Gasteiger partial charge in [0.2, 0.25) is 0 Å². The number of aromatic nitrogens is 2. The lowest BCUT2D eigenvalue weighted by atomic mass is 9.87. The summed E-state index contributed by atoms with van der Waals surface area (Å²) >= 11 is 0. The van der Waals surface area contributed by atoms with Gasteiger partial charge in [0.05, 0.1) is 0 Å². The van der Waals surface area contributed by atoms with Crippen molar-refractivity contribution in [3.63, 3.8) is 0 Å². The van der Waals surface area contributed by atoms with Crippen molar-refractivity contribution in [1.29, 1.82) is 0 Å². The summed E-state index contributed by atoms with van der Waals surface area (Å²) in [6, 6.07) is 17.2. The van der Waals surface area contributed by atoms with Crippen molar-refractivity contribution < 1.29 is 5.11 Å². The van der Waals surface area contributed by atoms with Gasteiger partial charge in [0.15, 0.2) is 0 Å². The van der Waals surface area contributed by atoms with E-state index in [9.17, 15) is 5.11 Å². The van der Waals surface area contributed by atoms with Gasteiger partial charge in [0.25, 0.3) is 0 Å². The van der Waals surface area contributed by atoms with Crippen LogP contribution in [0.25, 0.3) is 21.8 Å². The molecule has 0 aliphatic heterocycles. The number of aliphatic hydroxyl groups excluding tert-OH is 1. The Balaban J connectivity index is 1.93. The smallest absolute Gasteiger partial charge is 0.0480 e. The summed E-state index contributed by atoms with van der Waals surface area (Å²) in [4.78, 5) is 0. The number of fused-ring (bicyclic) bond motifs is 2. The summed E-state index contributed by atoms with van der Waals surface area (Å²) in [7, 11) is 4.22. The van der Waals surface area contributed by atoms with E-state index in [1.807, 2.05) is 0 Å². The fourth-order valence-electron chi connectivity index (χ4n) is 4.08. The normalized spacial score (nSPS) is 11.8. The van der Waals surface area contributed by atoms with Crippen molar-refractivity contribution in [3.05, 3.63) is 72.1 Å². The van der Waals surface area contributed by atoms with E-state index in [0.29, 0.717) is 0 Å². The van der Waals surface area contributed by atoms with Crippen molar-refractivity contribution in [2.45, 2.75) is 18.8 Å². The molecule has 2 aromatic heterocycles. The standard InChI is InChI=1S/C22H24N2O/c1-23-14-19(17-8-3-5-11-21(17)23)16(10-7-13-25)20-15-24(2)22-12-6-4-9-18(20)22/h3-6,8-9,11-12,14-16,25H,7,10,13H2,1-2H3. The Morgan fingerprint density at radius 2 is 1.28 bits per heavy atom. The minimum Gasteiger partial charge on any atom is -0.396 e. The molecule has 0 saturated carbocycles. The third-order valence-electron chi connectivity index (χ3n) is 5.26. The lowest BCUT2D eigenvalue weighted by Crippen LogP contribution is -2.02. The highest BCUT2D eigenvalue weighted by Crippen LogP contribution is 2.38. The molecule has 0 radical (unpaired) electrons. The molecule has 1 N–H and O–H groups in total. The Morgan fingerprint density at radius 3 is 1.76 bits per heavy atom. The monoisotopic (exact) mass is 332 g/mol. The number of rotatable bonds is 5. The van der Waals surface area contributed by atoms with Crippen molar-refractivity contribution in [1.82, 2.24) is 9.13 Å². The second kappa shape index (κ2) is 6.41. The lowest BCUT2D eigenvalue weighted by Gasteiger charge is -2.16. The minimum atomic E-state index is 0.228. The SMILES string of the molecule is Cn1cc(C(CCCO)c2cn(C)c3ccccc23)c2ccccc21. The van der Waals surface area contributed by atoms with Gasteiger partial charge < -0.3 is 14.2 Å². The van der Waals surface area contributed by atoms with Gasteiger partial charge in [-0.15, -0.1) is 0 Å². The molecule has 0 atom stereocenters. The molecule has 0 saturated heterocycles. The Labute approximate surface area is 148 Å². The maximum Gasteiger partial charge on any atom is 0.0480 e. The summed E-state index contributed by atoms with van der Waals surface area (Å²) in [6.07, 6.45) is 6.26. The zero-order chi connectivity index (χ0) is 17.4. The van der Waals surface area contributed by atoms with Gasteiger partial charge in [-0.05, 0) is 36.1 Å². The van der Waals surface area contributed by atoms with Crippen LogP contribution >= 0.6 is 0 Å². The maximum absolute atomic E-state index is 9.44. The van der Waals surface area contributed by atoms with Crippen LogP contribution < -0.4 is 0 Å². The summed E-state index contributed by atoms with van der Waals surface area (Å²) in [5, 5.41) is 12.0. The fourth-order valence-corrected chi connectivity index (χ4v) is 4.08. The van der Waals surface area contributed by atoms with Crippen LogP contribution in [0.4, 0.5) is 0 Å². The van der Waals surface area contributed by atoms with Crippen LogP contribution in [0.2, 0.25) is 0 Å². The first-order valence-corrected chi connectivity index (χ1v) is 8.89. The molecule has 0 unspecified atom stereocenters. The first-order valence-electron chi connectivity index (χ1n) is 8.89. The van der Waals surface area contributed by atoms with E-state index in [-0.39, 0.29) is 12.5 Å². The Kier molecular flexibility index (Phi) is 4.10. The Morgan fingerprint density at radius 1 is 0.800 bits per heavy atom. The predicted octanol–water partition coefficient (Wildman–Crippen LogP) is 4.57. The van der Waals surface area contributed by atoms with Crippen LogP contribution in [-0.2, 0) is 14.1 Å². The van der Waals surface area contributed by atoms with Crippen LogP contribution in [0.3, 0.4) is 0 Å². The summed E-state index contributed by atoms with van der Waals surface area (Å²) in [5.41, 5.74) is 5.21. The zero-order valence-electron chi connectivity index (χ0n) is 14.8. The molecule has 0 spiro atoms. The van der Waals surface area contributed by atoms with Gasteiger partial charge in [-0.3, -0.25) is 0 Å². The van der Waals surface area contributed by atoms with Gasteiger partial charge in [-0.25, -0.2) is 0 Å². The Bertz CT molecular complexity index is 945. The van der Waals surface area contributed by atoms with Gasteiger partial charge in [-0.1, -0.05) is 36.4 Å². The molecule has 3 heteroatoms. The molecule has 2 aromatic carbocycles. The Hall–Kier alpha value is -2.52. The van der Waals surface area contributed by atoms with Crippen LogP contribution in [0.5, 0.6) is 0 Å². The molecule has 3 nitrogen and oxygen atoms in total. The molecule has 4 aromatic rings. The molecule has 0 aliphatic carbocycles. The summed E-state index contributed by atoms with van der Waals surface area (Å²) in [5.74, 6) is 0.282. The molecule has 0 bridgehead atoms. The van der Waals surface area contributed by atoms with E-state index in [4.69, 9.17) is 0 Å². The van der Waals surface area contributed by atoms with Crippen molar-refractivity contribution in [2.24, 2.45) is 14.1 Å². The quantitative estimate of drug-likeness (QED) is 0.570. The van der Waals surface area contributed by atoms with Gasteiger partial charge in [-0.2, -0.15) is 0 Å². The van der Waals surface area contributed by atoms with E-state index >= 15 is 0 Å². The van der Waals surface area contributed by atoms with Crippen molar-refractivity contribution in [3.8, 4) is 0 Å². The molecule has 128 valence electrons. The highest BCUT2D eigenvalue weighted by Gasteiger charge is 2.22. The average molecular weight is 332 g/mol. The predicted molar refractivity (Wildman–Crippen MR) is 104 cm³/mol.